The van der Waals surface area contributed by atoms with Gasteiger partial charge in [-0.2, -0.15) is 5.26 Å². The van der Waals surface area contributed by atoms with E-state index in [1.807, 2.05) is 24.3 Å². The van der Waals surface area contributed by atoms with Crippen molar-refractivity contribution in [2.24, 2.45) is 23.7 Å². The summed E-state index contributed by atoms with van der Waals surface area (Å²) in [7, 11) is 0. The lowest BCUT2D eigenvalue weighted by molar-refractivity contribution is -0.0789. The van der Waals surface area contributed by atoms with Gasteiger partial charge in [-0.3, -0.25) is 0 Å². The summed E-state index contributed by atoms with van der Waals surface area (Å²) in [5.74, 6) is 4.51. The Hall–Kier alpha value is -1.49. The van der Waals surface area contributed by atoms with Crippen LogP contribution in [0.2, 0.25) is 0 Å². The van der Waals surface area contributed by atoms with Gasteiger partial charge >= 0.3 is 0 Å². The van der Waals surface area contributed by atoms with Crippen LogP contribution in [0.3, 0.4) is 0 Å². The average Bonchev–Trinajstić information content (AvgIpc) is 2.43. The van der Waals surface area contributed by atoms with Crippen molar-refractivity contribution in [2.45, 2.75) is 44.6 Å². The topological polar surface area (TPSA) is 33.0 Å². The lowest BCUT2D eigenvalue weighted by Crippen LogP contribution is -2.50. The molecule has 0 spiro atoms. The molecule has 0 heterocycles. The molecule has 4 saturated carbocycles. The van der Waals surface area contributed by atoms with Crippen LogP contribution in [0.4, 0.5) is 0 Å². The monoisotopic (exact) mass is 267 g/mol. The lowest BCUT2D eigenvalue weighted by Gasteiger charge is -2.53. The second kappa shape index (κ2) is 4.81. The zero-order valence-electron chi connectivity index (χ0n) is 11.8. The maximum atomic E-state index is 8.81. The molecule has 0 amide bonds. The maximum Gasteiger partial charge on any atom is 0.120 e. The highest BCUT2D eigenvalue weighted by Gasteiger charge is 2.49. The molecule has 2 heteroatoms. The Labute approximate surface area is 120 Å². The molecular formula is C18H21NO. The Morgan fingerprint density at radius 3 is 2.40 bits per heavy atom. The molecule has 2 nitrogen and oxygen atoms in total. The van der Waals surface area contributed by atoms with Crippen LogP contribution in [-0.2, 0) is 6.42 Å². The van der Waals surface area contributed by atoms with Crippen LogP contribution in [0, 0.1) is 35.0 Å². The molecule has 4 aliphatic rings. The number of hydrogen-bond donors (Lipinski definition) is 0. The molecule has 0 unspecified atom stereocenters. The van der Waals surface area contributed by atoms with Crippen LogP contribution >= 0.6 is 0 Å². The van der Waals surface area contributed by atoms with E-state index in [0.717, 1.165) is 35.0 Å². The second-order valence-corrected chi connectivity index (χ2v) is 7.00. The molecule has 0 atom stereocenters. The Morgan fingerprint density at radius 1 is 1.05 bits per heavy atom. The minimum atomic E-state index is 0.431. The first kappa shape index (κ1) is 12.3. The van der Waals surface area contributed by atoms with Gasteiger partial charge in [0.2, 0.25) is 0 Å². The first-order valence-electron chi connectivity index (χ1n) is 7.94. The molecule has 1 aromatic rings. The molecule has 0 aliphatic heterocycles. The van der Waals surface area contributed by atoms with E-state index in [1.165, 1.54) is 32.1 Å². The number of hydrogen-bond acceptors (Lipinski definition) is 2. The highest BCUT2D eigenvalue weighted by molar-refractivity contribution is 5.30. The van der Waals surface area contributed by atoms with E-state index < -0.39 is 0 Å². The minimum Gasteiger partial charge on any atom is -0.490 e. The minimum absolute atomic E-state index is 0.431. The normalized spacial score (nSPS) is 37.6. The number of rotatable bonds is 3. The number of nitriles is 1. The van der Waals surface area contributed by atoms with Crippen molar-refractivity contribution in [3.05, 3.63) is 29.8 Å². The summed E-state index contributed by atoms with van der Waals surface area (Å²) >= 11 is 0. The van der Waals surface area contributed by atoms with Crippen molar-refractivity contribution in [1.29, 1.82) is 5.26 Å². The van der Waals surface area contributed by atoms with E-state index in [4.69, 9.17) is 10.00 Å². The van der Waals surface area contributed by atoms with E-state index in [9.17, 15) is 0 Å². The van der Waals surface area contributed by atoms with Crippen molar-refractivity contribution >= 4 is 0 Å². The molecule has 4 fully saturated rings. The van der Waals surface area contributed by atoms with Gasteiger partial charge < -0.3 is 4.74 Å². The van der Waals surface area contributed by atoms with Crippen molar-refractivity contribution in [3.8, 4) is 11.8 Å². The van der Waals surface area contributed by atoms with Gasteiger partial charge in [0.15, 0.2) is 0 Å². The van der Waals surface area contributed by atoms with Gasteiger partial charge in [-0.15, -0.1) is 0 Å². The van der Waals surface area contributed by atoms with Crippen LogP contribution in [0.15, 0.2) is 24.3 Å². The molecule has 4 bridgehead atoms. The lowest BCUT2D eigenvalue weighted by atomic mass is 9.55. The highest BCUT2D eigenvalue weighted by atomic mass is 16.5. The summed E-state index contributed by atoms with van der Waals surface area (Å²) in [5, 5.41) is 8.81. The summed E-state index contributed by atoms with van der Waals surface area (Å²) in [4.78, 5) is 0. The maximum absolute atomic E-state index is 8.81. The molecule has 20 heavy (non-hydrogen) atoms. The molecule has 5 rings (SSSR count). The molecule has 0 radical (unpaired) electrons. The van der Waals surface area contributed by atoms with E-state index in [0.29, 0.717) is 12.5 Å². The molecule has 0 aromatic heterocycles. The van der Waals surface area contributed by atoms with Gasteiger partial charge in [-0.25, -0.2) is 0 Å². The largest absolute Gasteiger partial charge is 0.490 e. The van der Waals surface area contributed by atoms with Gasteiger partial charge in [-0.05, 0) is 73.5 Å². The van der Waals surface area contributed by atoms with Crippen LogP contribution in [0.25, 0.3) is 0 Å². The Bertz CT molecular complexity index is 517. The standard InChI is InChI=1S/C18H21NO/c19-5-4-12-2-1-3-17(11-12)20-18-15-7-13-6-14(9-15)10-16(18)8-13/h1-3,11,13-16,18H,4,6-10H2. The highest BCUT2D eigenvalue weighted by Crippen LogP contribution is 2.54. The summed E-state index contributed by atoms with van der Waals surface area (Å²) in [5.41, 5.74) is 1.06. The smallest absolute Gasteiger partial charge is 0.120 e. The summed E-state index contributed by atoms with van der Waals surface area (Å²) < 4.78 is 6.37. The van der Waals surface area contributed by atoms with Crippen molar-refractivity contribution in [1.82, 2.24) is 0 Å². The quantitative estimate of drug-likeness (QED) is 0.830. The molecule has 0 saturated heterocycles. The average molecular weight is 267 g/mol. The third-order valence-corrected chi connectivity index (χ3v) is 5.59. The predicted molar refractivity (Wildman–Crippen MR) is 77.2 cm³/mol. The third kappa shape index (κ3) is 2.10. The first-order valence-corrected chi connectivity index (χ1v) is 7.94. The van der Waals surface area contributed by atoms with E-state index in [2.05, 4.69) is 6.07 Å². The van der Waals surface area contributed by atoms with Crippen LogP contribution < -0.4 is 4.74 Å². The SMILES string of the molecule is N#CCc1cccc(OC2C3CC4CC(C3)CC2C4)c1. The number of ether oxygens (including phenoxy) is 1. The fourth-order valence-electron chi connectivity index (χ4n) is 5.04. The molecule has 104 valence electrons. The number of benzene rings is 1. The summed E-state index contributed by atoms with van der Waals surface area (Å²) in [6, 6.07) is 10.3. The van der Waals surface area contributed by atoms with Crippen molar-refractivity contribution in [3.63, 3.8) is 0 Å². The molecule has 1 aromatic carbocycles. The van der Waals surface area contributed by atoms with Crippen LogP contribution in [0.1, 0.15) is 37.7 Å². The van der Waals surface area contributed by atoms with E-state index in [1.54, 1.807) is 0 Å². The zero-order valence-corrected chi connectivity index (χ0v) is 11.8. The summed E-state index contributed by atoms with van der Waals surface area (Å²) in [6.45, 7) is 0. The van der Waals surface area contributed by atoms with Crippen molar-refractivity contribution in [2.75, 3.05) is 0 Å². The van der Waals surface area contributed by atoms with Crippen LogP contribution in [-0.4, -0.2) is 6.10 Å². The van der Waals surface area contributed by atoms with Gasteiger partial charge in [0, 0.05) is 0 Å². The van der Waals surface area contributed by atoms with Crippen LogP contribution in [0.5, 0.6) is 5.75 Å². The molecule has 4 aliphatic carbocycles. The Morgan fingerprint density at radius 2 is 1.75 bits per heavy atom. The van der Waals surface area contributed by atoms with Crippen molar-refractivity contribution < 1.29 is 4.74 Å². The fourth-order valence-corrected chi connectivity index (χ4v) is 5.04. The predicted octanol–water partition coefficient (Wildman–Crippen LogP) is 3.96. The zero-order chi connectivity index (χ0) is 13.5. The van der Waals surface area contributed by atoms with Gasteiger partial charge in [0.25, 0.3) is 0 Å². The van der Waals surface area contributed by atoms with E-state index >= 15 is 0 Å². The van der Waals surface area contributed by atoms with Gasteiger partial charge in [-0.1, -0.05) is 12.1 Å². The Balaban J connectivity index is 1.52. The first-order chi connectivity index (χ1) is 9.81. The third-order valence-electron chi connectivity index (χ3n) is 5.59. The second-order valence-electron chi connectivity index (χ2n) is 7.00. The Kier molecular flexibility index (Phi) is 2.95. The summed E-state index contributed by atoms with van der Waals surface area (Å²) in [6.07, 6.45) is 7.92. The molecule has 0 N–H and O–H groups in total. The van der Waals surface area contributed by atoms with E-state index in [-0.39, 0.29) is 0 Å². The fraction of sp³-hybridized carbons (Fsp3) is 0.611. The van der Waals surface area contributed by atoms with Gasteiger partial charge in [0.1, 0.15) is 11.9 Å². The van der Waals surface area contributed by atoms with Gasteiger partial charge in [0.05, 0.1) is 12.5 Å². The molecular weight excluding hydrogens is 246 g/mol. The number of nitrogens with zero attached hydrogens (tertiary/aromatic N) is 1.